The first-order chi connectivity index (χ1) is 24.5. The minimum atomic E-state index is -0.977. The minimum absolute atomic E-state index is 0.120. The number of unbranched alkanes of at least 4 members (excludes halogenated alkanes) is 3. The average Bonchev–Trinajstić information content (AvgIpc) is 3.16. The molecule has 2 aliphatic rings. The molecule has 0 bridgehead atoms. The Kier molecular flexibility index (Phi) is 12.1. The lowest BCUT2D eigenvalue weighted by Gasteiger charge is -2.52. The number of aryl methyl sites for hydroxylation is 1. The van der Waals surface area contributed by atoms with E-state index in [-0.39, 0.29) is 30.8 Å². The van der Waals surface area contributed by atoms with E-state index in [1.165, 1.54) is 24.8 Å². The number of hydrogen-bond acceptors (Lipinski definition) is 5. The first-order valence-corrected chi connectivity index (χ1v) is 18.2. The van der Waals surface area contributed by atoms with E-state index in [4.69, 9.17) is 4.74 Å². The standard InChI is InChI=1S/C43H49N3O4/c47-40(50-33-35-20-10-4-11-21-35)31-39-41(48)46(32-38(36-22-12-5-13-23-36)37-24-14-6-15-25-37)43(42(49)44-39)26-29-45(30-27-43)28-16-2-1-7-17-34-18-8-3-9-19-34/h3-6,8-15,18-25,38-39H,1-2,7,16-17,26-33H2,(H,44,49). The van der Waals surface area contributed by atoms with Crippen LogP contribution in [0.4, 0.5) is 0 Å². The number of likely N-dealkylation sites (tertiary alicyclic amines) is 1. The van der Waals surface area contributed by atoms with Crippen molar-refractivity contribution in [3.05, 3.63) is 144 Å². The molecule has 4 aromatic carbocycles. The first-order valence-electron chi connectivity index (χ1n) is 18.2. The molecule has 0 saturated carbocycles. The number of nitrogens with zero attached hydrogens (tertiary/aromatic N) is 2. The van der Waals surface area contributed by atoms with Crippen LogP contribution in [0.25, 0.3) is 0 Å². The van der Waals surface area contributed by atoms with E-state index in [0.717, 1.165) is 49.2 Å². The number of hydrogen-bond donors (Lipinski definition) is 1. The lowest BCUT2D eigenvalue weighted by molar-refractivity contribution is -0.164. The summed E-state index contributed by atoms with van der Waals surface area (Å²) in [5.74, 6) is -1.03. The summed E-state index contributed by atoms with van der Waals surface area (Å²) in [4.78, 5) is 46.0. The molecule has 1 unspecified atom stereocenters. The van der Waals surface area contributed by atoms with Crippen molar-refractivity contribution < 1.29 is 19.1 Å². The molecule has 7 nitrogen and oxygen atoms in total. The maximum Gasteiger partial charge on any atom is 0.308 e. The van der Waals surface area contributed by atoms with Crippen LogP contribution in [0.2, 0.25) is 0 Å². The van der Waals surface area contributed by atoms with Crippen LogP contribution in [0.5, 0.6) is 0 Å². The van der Waals surface area contributed by atoms with Crippen LogP contribution in [0, 0.1) is 0 Å². The van der Waals surface area contributed by atoms with Crippen LogP contribution in [0.1, 0.15) is 73.1 Å². The smallest absolute Gasteiger partial charge is 0.308 e. The summed E-state index contributed by atoms with van der Waals surface area (Å²) in [5.41, 5.74) is 3.45. The minimum Gasteiger partial charge on any atom is -0.461 e. The maximum absolute atomic E-state index is 14.5. The van der Waals surface area contributed by atoms with Gasteiger partial charge in [0.15, 0.2) is 0 Å². The summed E-state index contributed by atoms with van der Waals surface area (Å²) in [6.45, 7) is 2.94. The van der Waals surface area contributed by atoms with Crippen molar-refractivity contribution >= 4 is 17.8 Å². The molecule has 1 atom stereocenters. The normalized spacial score (nSPS) is 17.5. The van der Waals surface area contributed by atoms with Crippen LogP contribution in [0.3, 0.4) is 0 Å². The van der Waals surface area contributed by atoms with Gasteiger partial charge >= 0.3 is 5.97 Å². The highest BCUT2D eigenvalue weighted by molar-refractivity contribution is 6.01. The number of esters is 1. The summed E-state index contributed by atoms with van der Waals surface area (Å²) in [5, 5.41) is 2.98. The van der Waals surface area contributed by atoms with Crippen molar-refractivity contribution in [3.8, 4) is 0 Å². The van der Waals surface area contributed by atoms with Crippen molar-refractivity contribution in [2.75, 3.05) is 26.2 Å². The lowest BCUT2D eigenvalue weighted by atomic mass is 9.79. The molecule has 2 amide bonds. The topological polar surface area (TPSA) is 79.0 Å². The number of rotatable bonds is 15. The predicted octanol–water partition coefficient (Wildman–Crippen LogP) is 6.92. The highest BCUT2D eigenvalue weighted by Gasteiger charge is 2.54. The van der Waals surface area contributed by atoms with Gasteiger partial charge in [-0.3, -0.25) is 14.4 Å². The number of benzene rings is 4. The number of ether oxygens (including phenoxy) is 1. The summed E-state index contributed by atoms with van der Waals surface area (Å²) in [6.07, 6.45) is 6.71. The molecule has 0 aromatic heterocycles. The monoisotopic (exact) mass is 671 g/mol. The second kappa shape index (κ2) is 17.3. The molecule has 0 radical (unpaired) electrons. The number of carbonyl (C=O) groups excluding carboxylic acids is 3. The highest BCUT2D eigenvalue weighted by atomic mass is 16.5. The molecule has 1 N–H and O–H groups in total. The van der Waals surface area contributed by atoms with Crippen LogP contribution in [-0.2, 0) is 32.1 Å². The Hall–Kier alpha value is -4.75. The number of piperazine rings is 1. The predicted molar refractivity (Wildman–Crippen MR) is 196 cm³/mol. The zero-order valence-corrected chi connectivity index (χ0v) is 28.9. The van der Waals surface area contributed by atoms with Crippen molar-refractivity contribution in [1.82, 2.24) is 15.1 Å². The van der Waals surface area contributed by atoms with Crippen molar-refractivity contribution in [2.24, 2.45) is 0 Å². The molecule has 0 aliphatic carbocycles. The Morgan fingerprint density at radius 2 is 1.26 bits per heavy atom. The molecule has 6 rings (SSSR count). The highest BCUT2D eigenvalue weighted by Crippen LogP contribution is 2.37. The molecule has 50 heavy (non-hydrogen) atoms. The van der Waals surface area contributed by atoms with E-state index < -0.39 is 17.6 Å². The van der Waals surface area contributed by atoms with Gasteiger partial charge in [0.05, 0.1) is 6.42 Å². The van der Waals surface area contributed by atoms with Crippen LogP contribution in [0.15, 0.2) is 121 Å². The van der Waals surface area contributed by atoms with Gasteiger partial charge in [-0.25, -0.2) is 0 Å². The van der Waals surface area contributed by atoms with Gasteiger partial charge in [-0.2, -0.15) is 0 Å². The van der Waals surface area contributed by atoms with Gasteiger partial charge in [-0.15, -0.1) is 0 Å². The number of carbonyl (C=O) groups is 3. The second-order valence-corrected chi connectivity index (χ2v) is 13.7. The van der Waals surface area contributed by atoms with E-state index in [1.54, 1.807) is 0 Å². The van der Waals surface area contributed by atoms with Gasteiger partial charge < -0.3 is 19.9 Å². The van der Waals surface area contributed by atoms with Gasteiger partial charge in [0.1, 0.15) is 18.2 Å². The molecule has 4 aromatic rings. The van der Waals surface area contributed by atoms with Crippen LogP contribution in [-0.4, -0.2) is 65.3 Å². The molecule has 260 valence electrons. The molecule has 2 heterocycles. The summed E-state index contributed by atoms with van der Waals surface area (Å²) < 4.78 is 5.54. The molecule has 2 fully saturated rings. The number of amides is 2. The zero-order valence-electron chi connectivity index (χ0n) is 28.9. The second-order valence-electron chi connectivity index (χ2n) is 13.7. The quantitative estimate of drug-likeness (QED) is 0.110. The molecular weight excluding hydrogens is 622 g/mol. The number of piperidine rings is 1. The Labute approximate surface area is 296 Å². The van der Waals surface area contributed by atoms with Crippen molar-refractivity contribution in [3.63, 3.8) is 0 Å². The van der Waals surface area contributed by atoms with Gasteiger partial charge in [-0.1, -0.05) is 134 Å². The number of nitrogens with one attached hydrogen (secondary N) is 1. The molecule has 2 saturated heterocycles. The fourth-order valence-electron chi connectivity index (χ4n) is 7.51. The third kappa shape index (κ3) is 8.88. The van der Waals surface area contributed by atoms with E-state index in [2.05, 4.69) is 64.8 Å². The summed E-state index contributed by atoms with van der Waals surface area (Å²) in [6, 6.07) is 39.5. The Morgan fingerprint density at radius 1 is 0.720 bits per heavy atom. The van der Waals surface area contributed by atoms with Gasteiger partial charge in [0, 0.05) is 25.6 Å². The zero-order chi connectivity index (χ0) is 34.6. The van der Waals surface area contributed by atoms with E-state index in [1.807, 2.05) is 71.6 Å². The largest absolute Gasteiger partial charge is 0.461 e. The molecule has 1 spiro atoms. The van der Waals surface area contributed by atoms with Gasteiger partial charge in [0.25, 0.3) is 0 Å². The Balaban J connectivity index is 1.14. The average molecular weight is 672 g/mol. The molecule has 2 aliphatic heterocycles. The van der Waals surface area contributed by atoms with E-state index in [9.17, 15) is 14.4 Å². The fourth-order valence-corrected chi connectivity index (χ4v) is 7.51. The van der Waals surface area contributed by atoms with Crippen molar-refractivity contribution in [1.29, 1.82) is 0 Å². The summed E-state index contributed by atoms with van der Waals surface area (Å²) >= 11 is 0. The molecular formula is C43H49N3O4. The van der Waals surface area contributed by atoms with Crippen LogP contribution < -0.4 is 5.32 Å². The van der Waals surface area contributed by atoms with Crippen LogP contribution >= 0.6 is 0 Å². The Morgan fingerprint density at radius 3 is 1.86 bits per heavy atom. The Bertz CT molecular complexity index is 1620. The fraction of sp³-hybridized carbons (Fsp3) is 0.372. The third-order valence-electron chi connectivity index (χ3n) is 10.4. The van der Waals surface area contributed by atoms with Crippen molar-refractivity contribution in [2.45, 2.75) is 75.5 Å². The van der Waals surface area contributed by atoms with E-state index >= 15 is 0 Å². The van der Waals surface area contributed by atoms with E-state index in [0.29, 0.717) is 19.4 Å². The third-order valence-corrected chi connectivity index (χ3v) is 10.4. The SMILES string of the molecule is O=C(CC1NC(=O)C2(CCN(CCCCCCc3ccccc3)CC2)N(CC(c2ccccc2)c2ccccc2)C1=O)OCc1ccccc1. The van der Waals surface area contributed by atoms with Gasteiger partial charge in [-0.05, 0) is 60.9 Å². The summed E-state index contributed by atoms with van der Waals surface area (Å²) in [7, 11) is 0. The van der Waals surface area contributed by atoms with Gasteiger partial charge in [0.2, 0.25) is 11.8 Å². The first kappa shape index (κ1) is 35.1. The maximum atomic E-state index is 14.5. The molecule has 7 heteroatoms. The lowest BCUT2D eigenvalue weighted by Crippen LogP contribution is -2.73.